The van der Waals surface area contributed by atoms with Crippen LogP contribution in [0.4, 0.5) is 0 Å². The van der Waals surface area contributed by atoms with E-state index in [2.05, 4.69) is 5.32 Å². The van der Waals surface area contributed by atoms with Gasteiger partial charge in [-0.1, -0.05) is 42.5 Å². The highest BCUT2D eigenvalue weighted by Crippen LogP contribution is 2.34. The number of nitrogen functional groups attached to an aromatic ring is 1. The molecule has 0 aliphatic carbocycles. The molecule has 4 aromatic rings. The lowest BCUT2D eigenvalue weighted by Gasteiger charge is -2.09. The summed E-state index contributed by atoms with van der Waals surface area (Å²) in [5, 5.41) is 16.6. The van der Waals surface area contributed by atoms with Gasteiger partial charge < -0.3 is 15.6 Å². The third-order valence-corrected chi connectivity index (χ3v) is 6.45. The number of benzene rings is 3. The Hall–Kier alpha value is -3.95. The fourth-order valence-corrected chi connectivity index (χ4v) is 4.60. The second-order valence-corrected chi connectivity index (χ2v) is 9.14. The molecule has 9 heteroatoms. The van der Waals surface area contributed by atoms with Crippen molar-refractivity contribution in [2.75, 3.05) is 7.05 Å². The fraction of sp³-hybridized carbons (Fsp3) is 0.0833. The van der Waals surface area contributed by atoms with Gasteiger partial charge >= 0.3 is 0 Å². The van der Waals surface area contributed by atoms with E-state index in [-0.39, 0.29) is 23.2 Å². The molecule has 0 bridgehead atoms. The van der Waals surface area contributed by atoms with E-state index in [1.165, 1.54) is 6.07 Å². The predicted octanol–water partition coefficient (Wildman–Crippen LogP) is 2.65. The average molecular weight is 462 g/mol. The SMILES string of the molecule is CNC(=O)Cn1cc(-c2ccc(-c3ccccc3S(N)(=O)=O)cc2)c2cc(C(=N)N)ccc21. The molecule has 0 fully saturated rings. The largest absolute Gasteiger partial charge is 0.384 e. The predicted molar refractivity (Wildman–Crippen MR) is 129 cm³/mol. The maximum atomic E-state index is 12.0. The molecule has 1 heterocycles. The summed E-state index contributed by atoms with van der Waals surface area (Å²) >= 11 is 0. The Bertz CT molecular complexity index is 1490. The first-order chi connectivity index (χ1) is 15.7. The molecule has 0 aliphatic heterocycles. The molecule has 8 nitrogen and oxygen atoms in total. The highest BCUT2D eigenvalue weighted by Gasteiger charge is 2.16. The molecule has 0 saturated heterocycles. The number of nitrogens with two attached hydrogens (primary N) is 2. The fourth-order valence-electron chi connectivity index (χ4n) is 3.84. The van der Waals surface area contributed by atoms with Crippen LogP contribution in [0.2, 0.25) is 0 Å². The van der Waals surface area contributed by atoms with E-state index in [1.807, 2.05) is 47.2 Å². The van der Waals surface area contributed by atoms with Crippen LogP contribution >= 0.6 is 0 Å². The minimum Gasteiger partial charge on any atom is -0.384 e. The number of carbonyl (C=O) groups is 1. The van der Waals surface area contributed by atoms with E-state index in [1.54, 1.807) is 31.3 Å². The van der Waals surface area contributed by atoms with Crippen molar-refractivity contribution >= 4 is 32.7 Å². The van der Waals surface area contributed by atoms with Crippen LogP contribution in [0.15, 0.2) is 77.8 Å². The Balaban J connectivity index is 1.83. The zero-order chi connectivity index (χ0) is 23.8. The minimum absolute atomic E-state index is 0.0446. The summed E-state index contributed by atoms with van der Waals surface area (Å²) in [6, 6.07) is 19.4. The first kappa shape index (κ1) is 22.3. The van der Waals surface area contributed by atoms with Crippen LogP contribution in [0, 0.1) is 5.41 Å². The smallest absolute Gasteiger partial charge is 0.239 e. The number of sulfonamides is 1. The van der Waals surface area contributed by atoms with Gasteiger partial charge in [0.25, 0.3) is 0 Å². The Labute approximate surface area is 191 Å². The summed E-state index contributed by atoms with van der Waals surface area (Å²) < 4.78 is 25.8. The number of carbonyl (C=O) groups excluding carboxylic acids is 1. The molecule has 0 spiro atoms. The molecule has 0 aliphatic rings. The quantitative estimate of drug-likeness (QED) is 0.258. The van der Waals surface area contributed by atoms with Gasteiger partial charge in [-0.05, 0) is 35.4 Å². The second kappa shape index (κ2) is 8.53. The maximum Gasteiger partial charge on any atom is 0.239 e. The van der Waals surface area contributed by atoms with E-state index in [0.717, 1.165) is 22.0 Å². The van der Waals surface area contributed by atoms with Crippen molar-refractivity contribution in [3.8, 4) is 22.3 Å². The van der Waals surface area contributed by atoms with Crippen LogP contribution in [-0.4, -0.2) is 31.8 Å². The van der Waals surface area contributed by atoms with Crippen LogP contribution in [0.3, 0.4) is 0 Å². The highest BCUT2D eigenvalue weighted by atomic mass is 32.2. The van der Waals surface area contributed by atoms with Crippen LogP contribution in [0.5, 0.6) is 0 Å². The van der Waals surface area contributed by atoms with Crippen molar-refractivity contribution in [3.63, 3.8) is 0 Å². The van der Waals surface area contributed by atoms with Crippen molar-refractivity contribution in [3.05, 3.63) is 78.5 Å². The number of amides is 1. The zero-order valence-corrected chi connectivity index (χ0v) is 18.7. The molecule has 6 N–H and O–H groups in total. The summed E-state index contributed by atoms with van der Waals surface area (Å²) in [5.41, 5.74) is 10.1. The molecule has 0 atom stereocenters. The molecular weight excluding hydrogens is 438 g/mol. The number of primary sulfonamides is 1. The molecule has 3 aromatic carbocycles. The number of hydrogen-bond donors (Lipinski definition) is 4. The Morgan fingerprint density at radius 3 is 2.24 bits per heavy atom. The van der Waals surface area contributed by atoms with E-state index >= 15 is 0 Å². The lowest BCUT2D eigenvalue weighted by Crippen LogP contribution is -2.23. The standard InChI is InChI=1S/C24H23N5O3S/c1-28-23(30)14-29-13-20(19-12-17(24(25)26)10-11-21(19)29)16-8-6-15(7-9-16)18-4-2-3-5-22(18)33(27,31)32/h2-13H,14H2,1H3,(H3,25,26)(H,28,30)(H2,27,31,32). The summed E-state index contributed by atoms with van der Waals surface area (Å²) in [6.07, 6.45) is 1.89. The molecule has 0 saturated carbocycles. The molecule has 0 unspecified atom stereocenters. The van der Waals surface area contributed by atoms with E-state index < -0.39 is 10.0 Å². The lowest BCUT2D eigenvalue weighted by atomic mass is 9.99. The minimum atomic E-state index is -3.87. The van der Waals surface area contributed by atoms with Crippen LogP contribution < -0.4 is 16.2 Å². The molecule has 168 valence electrons. The number of hydrogen-bond acceptors (Lipinski definition) is 4. The van der Waals surface area contributed by atoms with Gasteiger partial charge in [0.2, 0.25) is 15.9 Å². The van der Waals surface area contributed by atoms with Crippen molar-refractivity contribution in [1.82, 2.24) is 9.88 Å². The van der Waals surface area contributed by atoms with Gasteiger partial charge in [-0.2, -0.15) is 0 Å². The first-order valence-corrected chi connectivity index (χ1v) is 11.6. The van der Waals surface area contributed by atoms with Gasteiger partial charge in [0.05, 0.1) is 4.90 Å². The lowest BCUT2D eigenvalue weighted by molar-refractivity contribution is -0.121. The summed E-state index contributed by atoms with van der Waals surface area (Å²) in [4.78, 5) is 12.1. The second-order valence-electron chi connectivity index (χ2n) is 7.61. The Kier molecular flexibility index (Phi) is 5.75. The number of rotatable bonds is 6. The average Bonchev–Trinajstić information content (AvgIpc) is 3.16. The topological polar surface area (TPSA) is 144 Å². The first-order valence-electron chi connectivity index (χ1n) is 10.1. The normalized spacial score (nSPS) is 11.5. The zero-order valence-electron chi connectivity index (χ0n) is 17.9. The van der Waals surface area contributed by atoms with Crippen molar-refractivity contribution in [2.45, 2.75) is 11.4 Å². The Morgan fingerprint density at radius 2 is 1.64 bits per heavy atom. The van der Waals surface area contributed by atoms with E-state index in [4.69, 9.17) is 16.3 Å². The molecule has 33 heavy (non-hydrogen) atoms. The molecule has 1 amide bonds. The highest BCUT2D eigenvalue weighted by molar-refractivity contribution is 7.89. The monoisotopic (exact) mass is 461 g/mol. The third kappa shape index (κ3) is 4.36. The number of amidine groups is 1. The van der Waals surface area contributed by atoms with Gasteiger partial charge in [0.1, 0.15) is 12.4 Å². The van der Waals surface area contributed by atoms with Gasteiger partial charge in [-0.25, -0.2) is 13.6 Å². The van der Waals surface area contributed by atoms with E-state index in [9.17, 15) is 13.2 Å². The number of aromatic nitrogens is 1. The van der Waals surface area contributed by atoms with Crippen molar-refractivity contribution in [2.24, 2.45) is 10.9 Å². The summed E-state index contributed by atoms with van der Waals surface area (Å²) in [7, 11) is -2.29. The maximum absolute atomic E-state index is 12.0. The molecule has 1 aromatic heterocycles. The van der Waals surface area contributed by atoms with Gasteiger partial charge in [-0.3, -0.25) is 10.2 Å². The molecule has 0 radical (unpaired) electrons. The number of nitrogens with zero attached hydrogens (tertiary/aromatic N) is 1. The molecule has 4 rings (SSSR count). The van der Waals surface area contributed by atoms with Gasteiger partial charge in [0, 0.05) is 40.8 Å². The molecular formula is C24H23N5O3S. The summed E-state index contributed by atoms with van der Waals surface area (Å²) in [5.74, 6) is -0.180. The number of fused-ring (bicyclic) bond motifs is 1. The van der Waals surface area contributed by atoms with Gasteiger partial charge in [0.15, 0.2) is 0 Å². The van der Waals surface area contributed by atoms with Crippen molar-refractivity contribution in [1.29, 1.82) is 5.41 Å². The third-order valence-electron chi connectivity index (χ3n) is 5.49. The van der Waals surface area contributed by atoms with Crippen LogP contribution in [-0.2, 0) is 21.4 Å². The van der Waals surface area contributed by atoms with Crippen LogP contribution in [0.25, 0.3) is 33.2 Å². The van der Waals surface area contributed by atoms with E-state index in [0.29, 0.717) is 16.7 Å². The van der Waals surface area contributed by atoms with Gasteiger partial charge in [-0.15, -0.1) is 0 Å². The summed E-state index contributed by atoms with van der Waals surface area (Å²) in [6.45, 7) is 0.145. The number of likely N-dealkylation sites (N-methyl/N-ethyl adjacent to an activating group) is 1. The van der Waals surface area contributed by atoms with Crippen molar-refractivity contribution < 1.29 is 13.2 Å². The number of nitrogens with one attached hydrogen (secondary N) is 2. The van der Waals surface area contributed by atoms with Crippen LogP contribution in [0.1, 0.15) is 5.56 Å². The Morgan fingerprint density at radius 1 is 1.00 bits per heavy atom.